The number of carbonyl (C=O) groups is 2. The van der Waals surface area contributed by atoms with Gasteiger partial charge in [-0.25, -0.2) is 0 Å². The number of esters is 1. The second kappa shape index (κ2) is 7.38. The molecule has 0 saturated heterocycles. The Bertz CT molecular complexity index is 276. The standard InChI is InChI=1S/C10H18O5S/c1-4-6-15-10(13)8(5-2)16(14)7(3)9(11)12/h7-8H,4-6H2,1-3H3,(H,11,12). The first-order chi connectivity index (χ1) is 7.45. The molecule has 3 atom stereocenters. The van der Waals surface area contributed by atoms with E-state index in [1.807, 2.05) is 6.92 Å². The molecular formula is C10H18O5S. The molecule has 0 aromatic carbocycles. The second-order valence-electron chi connectivity index (χ2n) is 3.37. The molecule has 0 spiro atoms. The quantitative estimate of drug-likeness (QED) is 0.680. The van der Waals surface area contributed by atoms with Crippen molar-refractivity contribution in [3.05, 3.63) is 0 Å². The maximum Gasteiger partial charge on any atom is 0.321 e. The summed E-state index contributed by atoms with van der Waals surface area (Å²) in [5.41, 5.74) is 0. The summed E-state index contributed by atoms with van der Waals surface area (Å²) in [5.74, 6) is -1.74. The Kier molecular flexibility index (Phi) is 6.96. The van der Waals surface area contributed by atoms with Crippen LogP contribution in [0, 0.1) is 0 Å². The van der Waals surface area contributed by atoms with Crippen molar-refractivity contribution in [3.63, 3.8) is 0 Å². The van der Waals surface area contributed by atoms with Crippen molar-refractivity contribution < 1.29 is 23.6 Å². The van der Waals surface area contributed by atoms with E-state index < -0.39 is 33.2 Å². The van der Waals surface area contributed by atoms with Crippen LogP contribution in [0.15, 0.2) is 0 Å². The topological polar surface area (TPSA) is 80.7 Å². The summed E-state index contributed by atoms with van der Waals surface area (Å²) in [5, 5.41) is 6.80. The maximum atomic E-state index is 11.7. The number of carboxylic acid groups (broad SMARTS) is 1. The Morgan fingerprint density at radius 1 is 1.38 bits per heavy atom. The molecule has 0 fully saturated rings. The summed E-state index contributed by atoms with van der Waals surface area (Å²) >= 11 is 0. The molecule has 0 aliphatic carbocycles. The number of aliphatic carboxylic acids is 1. The van der Waals surface area contributed by atoms with Gasteiger partial charge >= 0.3 is 11.9 Å². The lowest BCUT2D eigenvalue weighted by molar-refractivity contribution is -0.143. The van der Waals surface area contributed by atoms with Crippen LogP contribution in [0.2, 0.25) is 0 Å². The highest BCUT2D eigenvalue weighted by molar-refractivity contribution is 7.87. The zero-order valence-electron chi connectivity index (χ0n) is 9.76. The van der Waals surface area contributed by atoms with Crippen LogP contribution in [0.1, 0.15) is 33.6 Å². The molecule has 0 radical (unpaired) electrons. The molecule has 5 nitrogen and oxygen atoms in total. The van der Waals surface area contributed by atoms with E-state index in [0.717, 1.165) is 0 Å². The molecule has 16 heavy (non-hydrogen) atoms. The van der Waals surface area contributed by atoms with Gasteiger partial charge in [0.1, 0.15) is 10.5 Å². The summed E-state index contributed by atoms with van der Waals surface area (Å²) in [6, 6.07) is 0. The Labute approximate surface area is 97.6 Å². The highest BCUT2D eigenvalue weighted by atomic mass is 32.2. The molecule has 0 aromatic rings. The monoisotopic (exact) mass is 250 g/mol. The van der Waals surface area contributed by atoms with Gasteiger partial charge in [-0.05, 0) is 19.8 Å². The second-order valence-corrected chi connectivity index (χ2v) is 5.31. The molecule has 3 unspecified atom stereocenters. The summed E-state index contributed by atoms with van der Waals surface area (Å²) in [6.07, 6.45) is 0.996. The predicted octanol–water partition coefficient (Wildman–Crippen LogP) is 0.940. The third-order valence-corrected chi connectivity index (χ3v) is 4.04. The van der Waals surface area contributed by atoms with Crippen LogP contribution in [-0.4, -0.2) is 38.4 Å². The summed E-state index contributed by atoms with van der Waals surface area (Å²) < 4.78 is 16.6. The van der Waals surface area contributed by atoms with Crippen LogP contribution in [-0.2, 0) is 25.1 Å². The number of carboxylic acids is 1. The van der Waals surface area contributed by atoms with Gasteiger partial charge in [0.15, 0.2) is 0 Å². The third kappa shape index (κ3) is 4.30. The number of rotatable bonds is 7. The first-order valence-corrected chi connectivity index (χ1v) is 6.52. The SMILES string of the molecule is CCCOC(=O)C(CC)S(=O)C(C)C(=O)O. The van der Waals surface area contributed by atoms with Gasteiger partial charge in [0.05, 0.1) is 6.61 Å². The highest BCUT2D eigenvalue weighted by Crippen LogP contribution is 2.10. The van der Waals surface area contributed by atoms with Crippen LogP contribution in [0.3, 0.4) is 0 Å². The molecule has 94 valence electrons. The molecule has 0 aromatic heterocycles. The molecule has 0 bridgehead atoms. The van der Waals surface area contributed by atoms with E-state index in [2.05, 4.69) is 0 Å². The molecule has 0 aliphatic heterocycles. The van der Waals surface area contributed by atoms with Crippen LogP contribution in [0.4, 0.5) is 0 Å². The van der Waals surface area contributed by atoms with Crippen molar-refractivity contribution in [2.45, 2.75) is 44.1 Å². The Morgan fingerprint density at radius 2 is 1.94 bits per heavy atom. The first-order valence-electron chi connectivity index (χ1n) is 5.24. The van der Waals surface area contributed by atoms with Crippen molar-refractivity contribution in [3.8, 4) is 0 Å². The normalized spacial score (nSPS) is 16.2. The molecule has 1 N–H and O–H groups in total. The fraction of sp³-hybridized carbons (Fsp3) is 0.800. The minimum atomic E-state index is -1.74. The zero-order chi connectivity index (χ0) is 12.7. The van der Waals surface area contributed by atoms with E-state index in [9.17, 15) is 13.8 Å². The highest BCUT2D eigenvalue weighted by Gasteiger charge is 2.31. The van der Waals surface area contributed by atoms with Gasteiger partial charge in [-0.2, -0.15) is 0 Å². The van der Waals surface area contributed by atoms with Crippen molar-refractivity contribution in [1.82, 2.24) is 0 Å². The van der Waals surface area contributed by atoms with Gasteiger partial charge in [0.25, 0.3) is 0 Å². The van der Waals surface area contributed by atoms with Crippen LogP contribution >= 0.6 is 0 Å². The third-order valence-electron chi connectivity index (χ3n) is 2.06. The van der Waals surface area contributed by atoms with E-state index in [1.54, 1.807) is 6.92 Å². The first kappa shape index (κ1) is 15.1. The van der Waals surface area contributed by atoms with Crippen molar-refractivity contribution in [1.29, 1.82) is 0 Å². The smallest absolute Gasteiger partial charge is 0.321 e. The number of hydrogen-bond donors (Lipinski definition) is 1. The average molecular weight is 250 g/mol. The van der Waals surface area contributed by atoms with E-state index in [4.69, 9.17) is 9.84 Å². The van der Waals surface area contributed by atoms with Crippen LogP contribution in [0.25, 0.3) is 0 Å². The fourth-order valence-electron chi connectivity index (χ4n) is 1.07. The van der Waals surface area contributed by atoms with E-state index in [0.29, 0.717) is 12.8 Å². The lowest BCUT2D eigenvalue weighted by atomic mass is 10.3. The van der Waals surface area contributed by atoms with Gasteiger partial charge in [-0.3, -0.25) is 13.8 Å². The minimum absolute atomic E-state index is 0.272. The van der Waals surface area contributed by atoms with Gasteiger partial charge in [-0.1, -0.05) is 13.8 Å². The number of carbonyl (C=O) groups excluding carboxylic acids is 1. The average Bonchev–Trinajstić information content (AvgIpc) is 2.25. The largest absolute Gasteiger partial charge is 0.480 e. The lowest BCUT2D eigenvalue weighted by Crippen LogP contribution is -2.36. The minimum Gasteiger partial charge on any atom is -0.480 e. The molecule has 0 heterocycles. The summed E-state index contributed by atoms with van der Waals surface area (Å²) in [7, 11) is -1.74. The Morgan fingerprint density at radius 3 is 2.31 bits per heavy atom. The number of hydrogen-bond acceptors (Lipinski definition) is 4. The molecular weight excluding hydrogens is 232 g/mol. The molecule has 0 aliphatic rings. The Balaban J connectivity index is 4.54. The van der Waals surface area contributed by atoms with Gasteiger partial charge in [0, 0.05) is 10.8 Å². The van der Waals surface area contributed by atoms with Crippen LogP contribution < -0.4 is 0 Å². The number of ether oxygens (including phenoxy) is 1. The molecule has 0 amide bonds. The predicted molar refractivity (Wildman–Crippen MR) is 60.6 cm³/mol. The zero-order valence-corrected chi connectivity index (χ0v) is 10.6. The maximum absolute atomic E-state index is 11.7. The lowest BCUT2D eigenvalue weighted by Gasteiger charge is -2.15. The molecule has 0 saturated carbocycles. The fourth-order valence-corrected chi connectivity index (χ4v) is 2.34. The summed E-state index contributed by atoms with van der Waals surface area (Å²) in [4.78, 5) is 22.1. The van der Waals surface area contributed by atoms with E-state index >= 15 is 0 Å². The van der Waals surface area contributed by atoms with Crippen molar-refractivity contribution in [2.75, 3.05) is 6.61 Å². The van der Waals surface area contributed by atoms with Crippen molar-refractivity contribution in [2.24, 2.45) is 0 Å². The van der Waals surface area contributed by atoms with Crippen molar-refractivity contribution >= 4 is 22.7 Å². The van der Waals surface area contributed by atoms with Gasteiger partial charge in [0.2, 0.25) is 0 Å². The molecule has 6 heteroatoms. The molecule has 0 rings (SSSR count). The van der Waals surface area contributed by atoms with Gasteiger partial charge < -0.3 is 9.84 Å². The van der Waals surface area contributed by atoms with Gasteiger partial charge in [-0.15, -0.1) is 0 Å². The van der Waals surface area contributed by atoms with E-state index in [1.165, 1.54) is 6.92 Å². The summed E-state index contributed by atoms with van der Waals surface area (Å²) in [6.45, 7) is 5.14. The van der Waals surface area contributed by atoms with E-state index in [-0.39, 0.29) is 6.61 Å². The van der Waals surface area contributed by atoms with Crippen LogP contribution in [0.5, 0.6) is 0 Å². The Hall–Kier alpha value is -0.910.